The van der Waals surface area contributed by atoms with Crippen LogP contribution in [0.15, 0.2) is 29.6 Å². The molecule has 1 unspecified atom stereocenters. The summed E-state index contributed by atoms with van der Waals surface area (Å²) in [4.78, 5) is 4.39. The summed E-state index contributed by atoms with van der Waals surface area (Å²) >= 11 is 1.63. The molecular weight excluding hydrogens is 232 g/mol. The van der Waals surface area contributed by atoms with E-state index in [1.165, 1.54) is 5.56 Å². The molecule has 0 fully saturated rings. The molecular formula is C13H16N2OS. The van der Waals surface area contributed by atoms with E-state index in [9.17, 15) is 0 Å². The first-order valence-electron chi connectivity index (χ1n) is 5.51. The van der Waals surface area contributed by atoms with Crippen LogP contribution in [0.25, 0.3) is 0 Å². The van der Waals surface area contributed by atoms with Gasteiger partial charge in [-0.1, -0.05) is 12.1 Å². The van der Waals surface area contributed by atoms with Gasteiger partial charge in [0.1, 0.15) is 5.75 Å². The molecule has 0 bridgehead atoms. The first-order chi connectivity index (χ1) is 8.19. The number of aromatic nitrogens is 1. The lowest BCUT2D eigenvalue weighted by atomic mass is 10.1. The number of thiazole rings is 1. The van der Waals surface area contributed by atoms with Gasteiger partial charge >= 0.3 is 0 Å². The Bertz CT molecular complexity index is 478. The molecule has 1 heterocycles. The van der Waals surface area contributed by atoms with Gasteiger partial charge in [-0.2, -0.15) is 0 Å². The molecule has 0 aliphatic carbocycles. The topological polar surface area (TPSA) is 34.1 Å². The number of aryl methyl sites for hydroxylation is 1. The summed E-state index contributed by atoms with van der Waals surface area (Å²) in [5.41, 5.74) is 2.28. The van der Waals surface area contributed by atoms with Gasteiger partial charge in [0.25, 0.3) is 0 Å². The highest BCUT2D eigenvalue weighted by Crippen LogP contribution is 2.23. The highest BCUT2D eigenvalue weighted by Gasteiger charge is 2.07. The van der Waals surface area contributed by atoms with Gasteiger partial charge < -0.3 is 10.1 Å². The summed E-state index contributed by atoms with van der Waals surface area (Å²) in [6.07, 6.45) is 0. The molecule has 3 nitrogen and oxygen atoms in total. The van der Waals surface area contributed by atoms with Gasteiger partial charge in [0.05, 0.1) is 18.8 Å². The molecule has 0 spiro atoms. The van der Waals surface area contributed by atoms with Gasteiger partial charge in [-0.25, -0.2) is 4.98 Å². The minimum absolute atomic E-state index is 0.242. The van der Waals surface area contributed by atoms with Gasteiger partial charge in [-0.3, -0.25) is 0 Å². The Morgan fingerprint density at radius 3 is 2.53 bits per heavy atom. The predicted molar refractivity (Wildman–Crippen MR) is 71.9 cm³/mol. The van der Waals surface area contributed by atoms with Crippen molar-refractivity contribution < 1.29 is 4.74 Å². The van der Waals surface area contributed by atoms with Crippen molar-refractivity contribution in [2.75, 3.05) is 12.4 Å². The van der Waals surface area contributed by atoms with Crippen molar-refractivity contribution >= 4 is 16.5 Å². The maximum Gasteiger partial charge on any atom is 0.183 e. The average Bonchev–Trinajstić information content (AvgIpc) is 2.75. The van der Waals surface area contributed by atoms with Crippen LogP contribution >= 0.6 is 11.3 Å². The van der Waals surface area contributed by atoms with Gasteiger partial charge in [0, 0.05) is 5.38 Å². The Hall–Kier alpha value is -1.55. The van der Waals surface area contributed by atoms with Crippen molar-refractivity contribution in [2.45, 2.75) is 19.9 Å². The fourth-order valence-electron chi connectivity index (χ4n) is 1.58. The van der Waals surface area contributed by atoms with E-state index in [2.05, 4.69) is 29.4 Å². The molecule has 1 aromatic heterocycles. The zero-order valence-electron chi connectivity index (χ0n) is 10.2. The number of hydrogen-bond acceptors (Lipinski definition) is 4. The monoisotopic (exact) mass is 248 g/mol. The first-order valence-corrected chi connectivity index (χ1v) is 6.39. The summed E-state index contributed by atoms with van der Waals surface area (Å²) in [6, 6.07) is 8.32. The number of ether oxygens (including phenoxy) is 1. The molecule has 1 aromatic carbocycles. The summed E-state index contributed by atoms with van der Waals surface area (Å²) < 4.78 is 5.14. The van der Waals surface area contributed by atoms with Gasteiger partial charge in [0.15, 0.2) is 5.13 Å². The largest absolute Gasteiger partial charge is 0.497 e. The first kappa shape index (κ1) is 11.9. The van der Waals surface area contributed by atoms with Crippen LogP contribution in [0.2, 0.25) is 0 Å². The molecule has 0 amide bonds. The zero-order valence-corrected chi connectivity index (χ0v) is 11.0. The van der Waals surface area contributed by atoms with Gasteiger partial charge in [-0.05, 0) is 31.5 Å². The fraction of sp³-hybridized carbons (Fsp3) is 0.308. The molecule has 17 heavy (non-hydrogen) atoms. The standard InChI is InChI=1S/C13H16N2OS/c1-9-8-17-13(14-9)15-10(2)11-4-6-12(16-3)7-5-11/h4-8,10H,1-3H3,(H,14,15). The Kier molecular flexibility index (Phi) is 3.64. The van der Waals surface area contributed by atoms with E-state index >= 15 is 0 Å². The summed E-state index contributed by atoms with van der Waals surface area (Å²) in [5, 5.41) is 6.39. The molecule has 0 aliphatic heterocycles. The van der Waals surface area contributed by atoms with E-state index in [1.807, 2.05) is 24.4 Å². The van der Waals surface area contributed by atoms with E-state index in [4.69, 9.17) is 4.74 Å². The quantitative estimate of drug-likeness (QED) is 0.897. The summed E-state index contributed by atoms with van der Waals surface area (Å²) in [6.45, 7) is 4.12. The number of methoxy groups -OCH3 is 1. The van der Waals surface area contributed by atoms with Crippen molar-refractivity contribution in [3.8, 4) is 5.75 Å². The van der Waals surface area contributed by atoms with E-state index < -0.39 is 0 Å². The molecule has 0 aliphatic rings. The predicted octanol–water partition coefficient (Wildman–Crippen LogP) is 3.63. The average molecular weight is 248 g/mol. The van der Waals surface area contributed by atoms with Crippen molar-refractivity contribution in [1.82, 2.24) is 4.98 Å². The Balaban J connectivity index is 2.06. The highest BCUT2D eigenvalue weighted by atomic mass is 32.1. The van der Waals surface area contributed by atoms with Crippen molar-refractivity contribution in [1.29, 1.82) is 0 Å². The Morgan fingerprint density at radius 2 is 2.00 bits per heavy atom. The Labute approximate surface area is 105 Å². The van der Waals surface area contributed by atoms with Crippen LogP contribution in [0.1, 0.15) is 24.2 Å². The normalized spacial score (nSPS) is 12.2. The molecule has 1 atom stereocenters. The molecule has 4 heteroatoms. The van der Waals surface area contributed by atoms with E-state index in [1.54, 1.807) is 18.4 Å². The molecule has 2 rings (SSSR count). The van der Waals surface area contributed by atoms with E-state index in [-0.39, 0.29) is 6.04 Å². The smallest absolute Gasteiger partial charge is 0.183 e. The van der Waals surface area contributed by atoms with Crippen LogP contribution < -0.4 is 10.1 Å². The second-order valence-corrected chi connectivity index (χ2v) is 4.79. The molecule has 0 radical (unpaired) electrons. The maximum absolute atomic E-state index is 5.14. The van der Waals surface area contributed by atoms with Crippen molar-refractivity contribution in [2.24, 2.45) is 0 Å². The van der Waals surface area contributed by atoms with E-state index in [0.717, 1.165) is 16.6 Å². The van der Waals surface area contributed by atoms with Crippen LogP contribution in [0, 0.1) is 6.92 Å². The van der Waals surface area contributed by atoms with Crippen LogP contribution in [-0.4, -0.2) is 12.1 Å². The minimum atomic E-state index is 0.242. The third kappa shape index (κ3) is 2.97. The van der Waals surface area contributed by atoms with Gasteiger partial charge in [0.2, 0.25) is 0 Å². The number of rotatable bonds is 4. The lowest BCUT2D eigenvalue weighted by Gasteiger charge is -2.13. The minimum Gasteiger partial charge on any atom is -0.497 e. The third-order valence-electron chi connectivity index (χ3n) is 2.57. The third-order valence-corrected chi connectivity index (χ3v) is 3.47. The van der Waals surface area contributed by atoms with Crippen LogP contribution in [-0.2, 0) is 0 Å². The molecule has 90 valence electrons. The Morgan fingerprint density at radius 1 is 1.29 bits per heavy atom. The summed E-state index contributed by atoms with van der Waals surface area (Å²) in [7, 11) is 1.68. The lowest BCUT2D eigenvalue weighted by Crippen LogP contribution is -2.06. The molecule has 2 aromatic rings. The van der Waals surface area contributed by atoms with Crippen LogP contribution in [0.3, 0.4) is 0 Å². The summed E-state index contributed by atoms with van der Waals surface area (Å²) in [5.74, 6) is 0.881. The second-order valence-electron chi connectivity index (χ2n) is 3.93. The molecule has 1 N–H and O–H groups in total. The van der Waals surface area contributed by atoms with E-state index in [0.29, 0.717) is 0 Å². The number of nitrogens with one attached hydrogen (secondary N) is 1. The molecule has 0 saturated carbocycles. The fourth-order valence-corrected chi connectivity index (χ4v) is 2.36. The zero-order chi connectivity index (χ0) is 12.3. The number of benzene rings is 1. The van der Waals surface area contributed by atoms with Crippen LogP contribution in [0.4, 0.5) is 5.13 Å². The lowest BCUT2D eigenvalue weighted by molar-refractivity contribution is 0.414. The SMILES string of the molecule is COc1ccc(C(C)Nc2nc(C)cs2)cc1. The van der Waals surface area contributed by atoms with Crippen molar-refractivity contribution in [3.05, 3.63) is 40.9 Å². The highest BCUT2D eigenvalue weighted by molar-refractivity contribution is 7.13. The molecule has 0 saturated heterocycles. The van der Waals surface area contributed by atoms with Crippen LogP contribution in [0.5, 0.6) is 5.75 Å². The number of hydrogen-bond donors (Lipinski definition) is 1. The second kappa shape index (κ2) is 5.19. The van der Waals surface area contributed by atoms with Crippen molar-refractivity contribution in [3.63, 3.8) is 0 Å². The number of anilines is 1. The maximum atomic E-state index is 5.14. The van der Waals surface area contributed by atoms with Gasteiger partial charge in [-0.15, -0.1) is 11.3 Å². The number of nitrogens with zero attached hydrogens (tertiary/aromatic N) is 1.